The topological polar surface area (TPSA) is 60.4 Å². The Morgan fingerprint density at radius 1 is 1.07 bits per heavy atom. The zero-order chi connectivity index (χ0) is 18.8. The highest BCUT2D eigenvalue weighted by Crippen LogP contribution is 2.23. The molecule has 0 amide bonds. The molecule has 0 aliphatic carbocycles. The molecule has 0 saturated carbocycles. The summed E-state index contributed by atoms with van der Waals surface area (Å²) in [6.07, 6.45) is 1.75. The molecule has 3 heterocycles. The van der Waals surface area contributed by atoms with Gasteiger partial charge in [0.1, 0.15) is 17.1 Å². The molecule has 0 unspecified atom stereocenters. The summed E-state index contributed by atoms with van der Waals surface area (Å²) >= 11 is 1.65. The Morgan fingerprint density at radius 2 is 1.89 bits per heavy atom. The third-order valence-corrected chi connectivity index (χ3v) is 5.33. The van der Waals surface area contributed by atoms with E-state index >= 15 is 0 Å². The lowest BCUT2D eigenvalue weighted by Gasteiger charge is -2.05. The first-order valence-corrected chi connectivity index (χ1v) is 9.84. The lowest BCUT2D eigenvalue weighted by Crippen LogP contribution is -2.15. The fourth-order valence-electron chi connectivity index (χ4n) is 2.88. The first-order valence-electron chi connectivity index (χ1n) is 8.68. The van der Waals surface area contributed by atoms with Crippen molar-refractivity contribution in [3.63, 3.8) is 0 Å². The maximum absolute atomic E-state index is 12.3. The van der Waals surface area contributed by atoms with Gasteiger partial charge in [-0.1, -0.05) is 41.1 Å². The fourth-order valence-corrected chi connectivity index (χ4v) is 3.68. The number of fused-ring (bicyclic) bond motifs is 1. The van der Waals surface area contributed by atoms with Gasteiger partial charge in [0.05, 0.1) is 11.4 Å². The van der Waals surface area contributed by atoms with E-state index < -0.39 is 0 Å². The van der Waals surface area contributed by atoms with E-state index in [1.54, 1.807) is 28.4 Å². The molecule has 27 heavy (non-hydrogen) atoms. The lowest BCUT2D eigenvalue weighted by atomic mass is 10.1. The van der Waals surface area contributed by atoms with E-state index in [0.29, 0.717) is 17.2 Å². The third-order valence-electron chi connectivity index (χ3n) is 4.34. The largest absolute Gasteiger partial charge is 0.360 e. The van der Waals surface area contributed by atoms with Crippen molar-refractivity contribution in [2.24, 2.45) is 0 Å². The number of rotatable bonds is 5. The van der Waals surface area contributed by atoms with Gasteiger partial charge in [-0.2, -0.15) is 0 Å². The van der Waals surface area contributed by atoms with Crippen molar-refractivity contribution >= 4 is 17.4 Å². The summed E-state index contributed by atoms with van der Waals surface area (Å²) in [5, 5.41) is 4.15. The molecular formula is C21H19N3O2S. The SMILES string of the molecule is Cc1ccc(-c2cc(CSCc3cc(=O)n4cccc(C)c4n3)on2)cc1. The monoisotopic (exact) mass is 377 g/mol. The van der Waals surface area contributed by atoms with Crippen LogP contribution in [-0.2, 0) is 11.5 Å². The third kappa shape index (κ3) is 3.80. The Kier molecular flexibility index (Phi) is 4.81. The molecule has 0 aliphatic heterocycles. The van der Waals surface area contributed by atoms with E-state index in [2.05, 4.69) is 29.2 Å². The molecule has 0 atom stereocenters. The van der Waals surface area contributed by atoms with Crippen molar-refractivity contribution < 1.29 is 4.52 Å². The van der Waals surface area contributed by atoms with Gasteiger partial charge in [0.2, 0.25) is 0 Å². The molecule has 3 aromatic heterocycles. The summed E-state index contributed by atoms with van der Waals surface area (Å²) < 4.78 is 7.02. The van der Waals surface area contributed by atoms with Crippen molar-refractivity contribution in [3.05, 3.63) is 87.7 Å². The van der Waals surface area contributed by atoms with Crippen LogP contribution in [0.1, 0.15) is 22.6 Å². The molecule has 5 nitrogen and oxygen atoms in total. The van der Waals surface area contributed by atoms with Gasteiger partial charge in [-0.05, 0) is 25.5 Å². The van der Waals surface area contributed by atoms with Gasteiger partial charge in [0.15, 0.2) is 0 Å². The van der Waals surface area contributed by atoms with Crippen molar-refractivity contribution in [2.45, 2.75) is 25.4 Å². The molecule has 0 aliphatic rings. The molecular weight excluding hydrogens is 358 g/mol. The summed E-state index contributed by atoms with van der Waals surface area (Å²) in [6, 6.07) is 15.6. The van der Waals surface area contributed by atoms with Crippen LogP contribution in [0, 0.1) is 13.8 Å². The minimum absolute atomic E-state index is 0.0550. The maximum atomic E-state index is 12.3. The Balaban J connectivity index is 1.44. The number of hydrogen-bond donors (Lipinski definition) is 0. The molecule has 0 spiro atoms. The van der Waals surface area contributed by atoms with Crippen molar-refractivity contribution in [3.8, 4) is 11.3 Å². The fraction of sp³-hybridized carbons (Fsp3) is 0.190. The summed E-state index contributed by atoms with van der Waals surface area (Å²) in [4.78, 5) is 16.9. The van der Waals surface area contributed by atoms with Crippen LogP contribution in [-0.4, -0.2) is 14.5 Å². The zero-order valence-corrected chi connectivity index (χ0v) is 16.0. The number of aryl methyl sites for hydroxylation is 2. The highest BCUT2D eigenvalue weighted by Gasteiger charge is 2.08. The van der Waals surface area contributed by atoms with E-state index in [1.165, 1.54) is 5.56 Å². The number of aromatic nitrogens is 3. The van der Waals surface area contributed by atoms with Crippen LogP contribution >= 0.6 is 11.8 Å². The Morgan fingerprint density at radius 3 is 2.70 bits per heavy atom. The van der Waals surface area contributed by atoms with Crippen LogP contribution in [0.2, 0.25) is 0 Å². The van der Waals surface area contributed by atoms with Crippen LogP contribution in [0.4, 0.5) is 0 Å². The number of hydrogen-bond acceptors (Lipinski definition) is 5. The lowest BCUT2D eigenvalue weighted by molar-refractivity contribution is 0.397. The summed E-state index contributed by atoms with van der Waals surface area (Å²) in [5.74, 6) is 2.12. The predicted octanol–water partition coefficient (Wildman–Crippen LogP) is 4.40. The second kappa shape index (κ2) is 7.40. The van der Waals surface area contributed by atoms with Crippen LogP contribution < -0.4 is 5.56 Å². The molecule has 0 radical (unpaired) electrons. The van der Waals surface area contributed by atoms with Crippen molar-refractivity contribution in [1.29, 1.82) is 0 Å². The van der Waals surface area contributed by atoms with Gasteiger partial charge < -0.3 is 4.52 Å². The first kappa shape index (κ1) is 17.5. The number of benzene rings is 1. The van der Waals surface area contributed by atoms with Gasteiger partial charge in [0, 0.05) is 29.6 Å². The molecule has 136 valence electrons. The number of nitrogens with zero attached hydrogens (tertiary/aromatic N) is 3. The molecule has 0 saturated heterocycles. The predicted molar refractivity (Wildman–Crippen MR) is 108 cm³/mol. The van der Waals surface area contributed by atoms with Crippen LogP contribution in [0.15, 0.2) is 64.0 Å². The summed E-state index contributed by atoms with van der Waals surface area (Å²) in [5.41, 5.74) is 5.51. The number of pyridine rings is 1. The van der Waals surface area contributed by atoms with E-state index in [0.717, 1.165) is 28.3 Å². The standard InChI is InChI=1S/C21H19N3O2S/c1-14-5-7-16(8-6-14)19-11-18(26-23-19)13-27-12-17-10-20(25)24-9-3-4-15(2)21(24)22-17/h3-11H,12-13H2,1-2H3. The molecule has 4 rings (SSSR count). The molecule has 0 bridgehead atoms. The van der Waals surface area contributed by atoms with E-state index in [4.69, 9.17) is 4.52 Å². The van der Waals surface area contributed by atoms with Gasteiger partial charge in [0.25, 0.3) is 5.56 Å². The Bertz CT molecular complexity index is 1150. The van der Waals surface area contributed by atoms with Crippen molar-refractivity contribution in [2.75, 3.05) is 0 Å². The molecule has 4 aromatic rings. The van der Waals surface area contributed by atoms with Crippen LogP contribution in [0.5, 0.6) is 0 Å². The van der Waals surface area contributed by atoms with Gasteiger partial charge in [-0.15, -0.1) is 11.8 Å². The summed E-state index contributed by atoms with van der Waals surface area (Å²) in [6.45, 7) is 4.02. The average molecular weight is 377 g/mol. The van der Waals surface area contributed by atoms with E-state index in [1.807, 2.05) is 37.3 Å². The average Bonchev–Trinajstić information content (AvgIpc) is 3.12. The molecule has 1 aromatic carbocycles. The smallest absolute Gasteiger partial charge is 0.258 e. The van der Waals surface area contributed by atoms with Crippen LogP contribution in [0.3, 0.4) is 0 Å². The van der Waals surface area contributed by atoms with E-state index in [9.17, 15) is 4.79 Å². The Labute approximate surface area is 161 Å². The molecule has 0 N–H and O–H groups in total. The highest BCUT2D eigenvalue weighted by molar-refractivity contribution is 7.97. The second-order valence-electron chi connectivity index (χ2n) is 6.51. The normalized spacial score (nSPS) is 11.2. The number of thioether (sulfide) groups is 1. The molecule has 0 fully saturated rings. The van der Waals surface area contributed by atoms with Crippen molar-refractivity contribution in [1.82, 2.24) is 14.5 Å². The Hall–Kier alpha value is -2.86. The molecule has 6 heteroatoms. The highest BCUT2D eigenvalue weighted by atomic mass is 32.2. The van der Waals surface area contributed by atoms with Gasteiger partial charge in [-0.25, -0.2) is 4.98 Å². The second-order valence-corrected chi connectivity index (χ2v) is 7.49. The first-order chi connectivity index (χ1) is 13.1. The van der Waals surface area contributed by atoms with Crippen LogP contribution in [0.25, 0.3) is 16.9 Å². The minimum Gasteiger partial charge on any atom is -0.360 e. The maximum Gasteiger partial charge on any atom is 0.258 e. The van der Waals surface area contributed by atoms with E-state index in [-0.39, 0.29) is 5.56 Å². The quantitative estimate of drug-likeness (QED) is 0.516. The van der Waals surface area contributed by atoms with Gasteiger partial charge in [-0.3, -0.25) is 9.20 Å². The zero-order valence-electron chi connectivity index (χ0n) is 15.2. The minimum atomic E-state index is -0.0550. The van der Waals surface area contributed by atoms with Gasteiger partial charge >= 0.3 is 0 Å². The summed E-state index contributed by atoms with van der Waals surface area (Å²) in [7, 11) is 0.